The van der Waals surface area contributed by atoms with Crippen molar-refractivity contribution in [3.05, 3.63) is 48.6 Å². The van der Waals surface area contributed by atoms with Crippen LogP contribution in [0.1, 0.15) is 44.2 Å². The van der Waals surface area contributed by atoms with Crippen molar-refractivity contribution in [3.63, 3.8) is 0 Å². The first-order valence-corrected chi connectivity index (χ1v) is 11.7. The van der Waals surface area contributed by atoms with Crippen molar-refractivity contribution < 1.29 is 29.3 Å². The fourth-order valence-corrected chi connectivity index (χ4v) is 5.99. The molecule has 3 aliphatic rings. The number of ether oxygens (including phenoxy) is 1. The van der Waals surface area contributed by atoms with Gasteiger partial charge >= 0.3 is 5.97 Å². The van der Waals surface area contributed by atoms with Crippen molar-refractivity contribution in [2.24, 2.45) is 11.8 Å². The fraction of sp³-hybridized carbons (Fsp3) is 0.560. The molecule has 33 heavy (non-hydrogen) atoms. The highest BCUT2D eigenvalue weighted by molar-refractivity contribution is 5.98. The Morgan fingerprint density at radius 1 is 1.36 bits per heavy atom. The molecule has 0 saturated carbocycles. The molecule has 0 radical (unpaired) electrons. The molecule has 4 rings (SSSR count). The van der Waals surface area contributed by atoms with Gasteiger partial charge in [-0.1, -0.05) is 49.8 Å². The van der Waals surface area contributed by atoms with E-state index in [1.807, 2.05) is 25.1 Å². The Hall–Kier alpha value is -2.71. The number of likely N-dealkylation sites (tertiary alicyclic amines) is 1. The molecule has 8 heteroatoms. The predicted octanol–water partition coefficient (Wildman–Crippen LogP) is 1.99. The fourth-order valence-electron chi connectivity index (χ4n) is 5.99. The lowest BCUT2D eigenvalue weighted by Gasteiger charge is -2.39. The van der Waals surface area contributed by atoms with Crippen molar-refractivity contribution in [1.82, 2.24) is 9.80 Å². The summed E-state index contributed by atoms with van der Waals surface area (Å²) in [5.74, 6) is -3.73. The number of nitrogens with zero attached hydrogens (tertiary/aromatic N) is 2. The van der Waals surface area contributed by atoms with E-state index in [1.165, 1.54) is 4.90 Å². The number of hydrogen-bond donors (Lipinski definition) is 2. The smallest absolute Gasteiger partial charge is 0.310 e. The van der Waals surface area contributed by atoms with Gasteiger partial charge in [0.25, 0.3) is 0 Å². The third-order valence-electron chi connectivity index (χ3n) is 7.39. The molecule has 178 valence electrons. The minimum atomic E-state index is -1.20. The van der Waals surface area contributed by atoms with Crippen LogP contribution in [-0.2, 0) is 19.1 Å². The Morgan fingerprint density at radius 2 is 2.09 bits per heavy atom. The summed E-state index contributed by atoms with van der Waals surface area (Å²) in [5, 5.41) is 20.3. The first-order valence-electron chi connectivity index (χ1n) is 11.7. The maximum Gasteiger partial charge on any atom is 0.310 e. The molecule has 1 aromatic carbocycles. The molecular weight excluding hydrogens is 424 g/mol. The summed E-state index contributed by atoms with van der Waals surface area (Å²) in [4.78, 5) is 43.1. The third-order valence-corrected chi connectivity index (χ3v) is 7.39. The van der Waals surface area contributed by atoms with Crippen LogP contribution in [0.25, 0.3) is 0 Å². The Kier molecular flexibility index (Phi) is 6.59. The summed E-state index contributed by atoms with van der Waals surface area (Å²) in [6, 6.07) is 7.27. The Bertz CT molecular complexity index is 921. The maximum absolute atomic E-state index is 14.0. The minimum absolute atomic E-state index is 0.278. The number of carbonyl (C=O) groups excluding carboxylic acids is 2. The van der Waals surface area contributed by atoms with Crippen LogP contribution in [0.3, 0.4) is 0 Å². The van der Waals surface area contributed by atoms with Gasteiger partial charge in [-0.05, 0) is 24.8 Å². The van der Waals surface area contributed by atoms with Crippen LogP contribution in [0.2, 0.25) is 0 Å². The van der Waals surface area contributed by atoms with Crippen LogP contribution in [-0.4, -0.2) is 75.2 Å². The highest BCUT2D eigenvalue weighted by atomic mass is 16.5. The number of unbranched alkanes of at least 4 members (excludes halogenated alkanes) is 1. The Balaban J connectivity index is 1.81. The van der Waals surface area contributed by atoms with E-state index >= 15 is 0 Å². The second kappa shape index (κ2) is 9.27. The summed E-state index contributed by atoms with van der Waals surface area (Å²) in [6.45, 7) is 6.24. The van der Waals surface area contributed by atoms with Crippen LogP contribution in [0.4, 0.5) is 0 Å². The van der Waals surface area contributed by atoms with Gasteiger partial charge in [0.1, 0.15) is 11.6 Å². The van der Waals surface area contributed by atoms with E-state index in [-0.39, 0.29) is 12.5 Å². The second-order valence-electron chi connectivity index (χ2n) is 9.18. The monoisotopic (exact) mass is 456 g/mol. The van der Waals surface area contributed by atoms with Gasteiger partial charge in [0.2, 0.25) is 11.8 Å². The van der Waals surface area contributed by atoms with Gasteiger partial charge in [-0.3, -0.25) is 14.4 Å². The topological polar surface area (TPSA) is 107 Å². The van der Waals surface area contributed by atoms with Gasteiger partial charge in [0.05, 0.1) is 30.6 Å². The molecule has 1 spiro atoms. The lowest BCUT2D eigenvalue weighted by molar-refractivity contribution is -0.153. The van der Waals surface area contributed by atoms with Gasteiger partial charge in [0, 0.05) is 13.1 Å². The molecule has 3 saturated heterocycles. The zero-order valence-electron chi connectivity index (χ0n) is 18.9. The van der Waals surface area contributed by atoms with Crippen LogP contribution in [0.15, 0.2) is 43.0 Å². The molecule has 0 aromatic heterocycles. The zero-order chi connectivity index (χ0) is 23.8. The minimum Gasteiger partial charge on any atom is -0.481 e. The van der Waals surface area contributed by atoms with E-state index in [0.717, 1.165) is 12.8 Å². The van der Waals surface area contributed by atoms with E-state index in [4.69, 9.17) is 4.74 Å². The molecule has 2 N–H and O–H groups in total. The number of carboxylic acids is 1. The largest absolute Gasteiger partial charge is 0.481 e. The molecule has 0 unspecified atom stereocenters. The second-order valence-corrected chi connectivity index (χ2v) is 9.18. The standard InChI is InChI=1S/C25H32N2O6/c1-3-5-14-26(13-4-2)23(30)21-25-12-11-18(33-25)19(24(31)32)20(25)22(29)27(21)17(15-28)16-9-7-6-8-10-16/h4,6-10,17-21,28H,2-3,5,11-15H2,1H3,(H,31,32)/t17-,18-,19+,20+,21-,25+/m1/s1. The van der Waals surface area contributed by atoms with E-state index in [2.05, 4.69) is 6.58 Å². The Labute approximate surface area is 193 Å². The van der Waals surface area contributed by atoms with Gasteiger partial charge in [-0.2, -0.15) is 0 Å². The number of rotatable bonds is 10. The number of amides is 2. The van der Waals surface area contributed by atoms with Gasteiger partial charge in [0.15, 0.2) is 0 Å². The van der Waals surface area contributed by atoms with Crippen molar-refractivity contribution in [2.45, 2.75) is 56.4 Å². The summed E-state index contributed by atoms with van der Waals surface area (Å²) in [5.41, 5.74) is -0.511. The lowest BCUT2D eigenvalue weighted by atomic mass is 9.70. The molecule has 3 heterocycles. The predicted molar refractivity (Wildman–Crippen MR) is 120 cm³/mol. The first-order chi connectivity index (χ1) is 15.9. The molecule has 3 aliphatic heterocycles. The van der Waals surface area contributed by atoms with E-state index in [1.54, 1.807) is 23.1 Å². The Morgan fingerprint density at radius 3 is 2.70 bits per heavy atom. The van der Waals surface area contributed by atoms with E-state index in [9.17, 15) is 24.6 Å². The highest BCUT2D eigenvalue weighted by Gasteiger charge is 2.75. The highest BCUT2D eigenvalue weighted by Crippen LogP contribution is 2.59. The van der Waals surface area contributed by atoms with Crippen molar-refractivity contribution >= 4 is 17.8 Å². The summed E-state index contributed by atoms with van der Waals surface area (Å²) < 4.78 is 6.26. The third kappa shape index (κ3) is 3.65. The van der Waals surface area contributed by atoms with Crippen molar-refractivity contribution in [1.29, 1.82) is 0 Å². The molecule has 2 amide bonds. The van der Waals surface area contributed by atoms with Crippen LogP contribution >= 0.6 is 0 Å². The van der Waals surface area contributed by atoms with E-state index < -0.39 is 47.5 Å². The van der Waals surface area contributed by atoms with Gasteiger partial charge in [-0.25, -0.2) is 0 Å². The zero-order valence-corrected chi connectivity index (χ0v) is 18.9. The lowest BCUT2D eigenvalue weighted by Crippen LogP contribution is -2.57. The molecule has 8 nitrogen and oxygen atoms in total. The molecule has 0 aliphatic carbocycles. The number of benzene rings is 1. The van der Waals surface area contributed by atoms with Crippen LogP contribution in [0.5, 0.6) is 0 Å². The maximum atomic E-state index is 14.0. The number of aliphatic carboxylic acids is 1. The number of aliphatic hydroxyl groups is 1. The average molecular weight is 457 g/mol. The van der Waals surface area contributed by atoms with Crippen molar-refractivity contribution in [3.8, 4) is 0 Å². The van der Waals surface area contributed by atoms with Crippen LogP contribution in [0, 0.1) is 11.8 Å². The number of carboxylic acid groups (broad SMARTS) is 1. The summed E-state index contributed by atoms with van der Waals surface area (Å²) in [7, 11) is 0. The molecular formula is C25H32N2O6. The number of carbonyl (C=O) groups is 3. The van der Waals surface area contributed by atoms with Crippen molar-refractivity contribution in [2.75, 3.05) is 19.7 Å². The molecule has 2 bridgehead atoms. The van der Waals surface area contributed by atoms with E-state index in [0.29, 0.717) is 31.5 Å². The average Bonchev–Trinajstić information content (AvgIpc) is 3.45. The summed E-state index contributed by atoms with van der Waals surface area (Å²) in [6.07, 6.45) is 3.68. The summed E-state index contributed by atoms with van der Waals surface area (Å²) >= 11 is 0. The number of fused-ring (bicyclic) bond motifs is 1. The van der Waals surface area contributed by atoms with Gasteiger partial charge in [-0.15, -0.1) is 6.58 Å². The molecule has 1 aromatic rings. The SMILES string of the molecule is C=CCN(CCCC)C(=O)[C@H]1N([C@H](CO)c2ccccc2)C(=O)[C@@H]2[C@@H](C(=O)O)[C@H]3CC[C@]21O3. The number of hydrogen-bond acceptors (Lipinski definition) is 5. The molecule has 3 fully saturated rings. The first kappa shape index (κ1) is 23.4. The molecule has 6 atom stereocenters. The normalized spacial score (nSPS) is 30.8. The van der Waals surface area contributed by atoms with Gasteiger partial charge < -0.3 is 24.7 Å². The van der Waals surface area contributed by atoms with Crippen LogP contribution < -0.4 is 0 Å². The number of aliphatic hydroxyl groups excluding tert-OH is 1. The quantitative estimate of drug-likeness (QED) is 0.522.